The van der Waals surface area contributed by atoms with Gasteiger partial charge in [0.25, 0.3) is 0 Å². The third-order valence-electron chi connectivity index (χ3n) is 6.62. The van der Waals surface area contributed by atoms with E-state index in [0.717, 1.165) is 34.0 Å². The largest absolute Gasteiger partial charge is 0.495 e. The van der Waals surface area contributed by atoms with E-state index in [2.05, 4.69) is 32.8 Å². The van der Waals surface area contributed by atoms with E-state index in [-0.39, 0.29) is 5.75 Å². The number of nitrogen functional groups attached to an aromatic ring is 1. The summed E-state index contributed by atoms with van der Waals surface area (Å²) < 4.78 is 30.1. The molecule has 3 aromatic carbocycles. The second-order valence-electron chi connectivity index (χ2n) is 9.72. The fourth-order valence-corrected chi connectivity index (χ4v) is 5.06. The van der Waals surface area contributed by atoms with E-state index in [9.17, 15) is 8.42 Å². The van der Waals surface area contributed by atoms with Crippen LogP contribution in [0.15, 0.2) is 66.9 Å². The number of aromatic nitrogens is 4. The molecule has 0 atom stereocenters. The van der Waals surface area contributed by atoms with Gasteiger partial charge in [-0.05, 0) is 42.8 Å². The summed E-state index contributed by atoms with van der Waals surface area (Å²) in [5.74, 6) is 1.70. The van der Waals surface area contributed by atoms with Crippen molar-refractivity contribution in [2.75, 3.05) is 49.8 Å². The van der Waals surface area contributed by atoms with E-state index >= 15 is 0 Å². The number of nitrogens with zero attached hydrogens (tertiary/aromatic N) is 4. The van der Waals surface area contributed by atoms with Gasteiger partial charge < -0.3 is 21.1 Å². The van der Waals surface area contributed by atoms with E-state index in [1.54, 1.807) is 7.11 Å². The van der Waals surface area contributed by atoms with E-state index in [1.165, 1.54) is 11.8 Å². The van der Waals surface area contributed by atoms with Crippen molar-refractivity contribution < 1.29 is 13.2 Å². The van der Waals surface area contributed by atoms with Gasteiger partial charge in [-0.15, -0.1) is 0 Å². The lowest BCUT2D eigenvalue weighted by Gasteiger charge is -2.14. The zero-order valence-corrected chi connectivity index (χ0v) is 23.4. The topological polar surface area (TPSA) is 137 Å². The van der Waals surface area contributed by atoms with Crippen LogP contribution in [-0.4, -0.2) is 66.9 Å². The maximum atomic E-state index is 11.2. The molecule has 4 N–H and O–H groups in total. The lowest BCUT2D eigenvalue weighted by atomic mass is 10.1. The van der Waals surface area contributed by atoms with Crippen LogP contribution in [0.1, 0.15) is 12.0 Å². The number of rotatable bonds is 12. The van der Waals surface area contributed by atoms with Crippen LogP contribution < -0.4 is 21.1 Å². The standard InChI is InChI=1S/C29H33N7O3S/c1-39-27-17-24-23(16-25(27)32-12-6-11-31-13-14-40(2,37)38)28(30)35-29(34-24)21-9-10-26-22(15-21)18-33-36(26)19-20-7-4-3-5-8-20/h3-5,7-10,15-18,31-32H,6,11-14,19H2,1-2H3,(H2,30,34,35). The van der Waals surface area contributed by atoms with Gasteiger partial charge in [-0.1, -0.05) is 30.3 Å². The van der Waals surface area contributed by atoms with Gasteiger partial charge in [0.2, 0.25) is 0 Å². The third kappa shape index (κ3) is 6.49. The van der Waals surface area contributed by atoms with Crippen LogP contribution in [0.4, 0.5) is 11.5 Å². The number of fused-ring (bicyclic) bond motifs is 2. The first kappa shape index (κ1) is 27.4. The Bertz CT molecular complexity index is 1740. The first-order chi connectivity index (χ1) is 19.3. The van der Waals surface area contributed by atoms with Crippen molar-refractivity contribution in [3.05, 3.63) is 72.4 Å². The minimum absolute atomic E-state index is 0.131. The highest BCUT2D eigenvalue weighted by molar-refractivity contribution is 7.90. The fourth-order valence-electron chi connectivity index (χ4n) is 4.54. The molecule has 11 heteroatoms. The number of benzene rings is 3. The minimum atomic E-state index is -2.96. The number of hydrogen-bond donors (Lipinski definition) is 3. The summed E-state index contributed by atoms with van der Waals surface area (Å²) in [6.45, 7) is 2.50. The summed E-state index contributed by atoms with van der Waals surface area (Å²) in [7, 11) is -1.34. The highest BCUT2D eigenvalue weighted by Crippen LogP contribution is 2.33. The van der Waals surface area contributed by atoms with Crippen LogP contribution in [0.25, 0.3) is 33.2 Å². The number of anilines is 2. The van der Waals surface area contributed by atoms with Gasteiger partial charge in [-0.2, -0.15) is 5.10 Å². The molecule has 0 fully saturated rings. The van der Waals surface area contributed by atoms with Crippen LogP contribution in [-0.2, 0) is 16.4 Å². The van der Waals surface area contributed by atoms with Gasteiger partial charge in [0.1, 0.15) is 21.4 Å². The van der Waals surface area contributed by atoms with Crippen molar-refractivity contribution in [3.63, 3.8) is 0 Å². The van der Waals surface area contributed by atoms with E-state index < -0.39 is 9.84 Å². The van der Waals surface area contributed by atoms with Crippen molar-refractivity contribution in [2.45, 2.75) is 13.0 Å². The van der Waals surface area contributed by atoms with Crippen LogP contribution in [0, 0.1) is 0 Å². The molecule has 40 heavy (non-hydrogen) atoms. The van der Waals surface area contributed by atoms with Crippen molar-refractivity contribution in [1.29, 1.82) is 0 Å². The zero-order valence-electron chi connectivity index (χ0n) is 22.6. The Hall–Kier alpha value is -4.22. The molecule has 0 aliphatic heterocycles. The number of sulfone groups is 1. The van der Waals surface area contributed by atoms with Crippen molar-refractivity contribution in [2.24, 2.45) is 0 Å². The summed E-state index contributed by atoms with van der Waals surface area (Å²) in [5, 5.41) is 12.8. The number of ether oxygens (including phenoxy) is 1. The Morgan fingerprint density at radius 3 is 2.60 bits per heavy atom. The molecule has 0 aliphatic rings. The van der Waals surface area contributed by atoms with Gasteiger partial charge in [0, 0.05) is 41.7 Å². The number of nitrogens with one attached hydrogen (secondary N) is 2. The Morgan fingerprint density at radius 1 is 1.00 bits per heavy atom. The predicted octanol–water partition coefficient (Wildman–Crippen LogP) is 3.72. The summed E-state index contributed by atoms with van der Waals surface area (Å²) in [6, 6.07) is 20.1. The molecule has 0 unspecified atom stereocenters. The molecule has 0 aliphatic carbocycles. The molecule has 0 radical (unpaired) electrons. The van der Waals surface area contributed by atoms with E-state index in [1.807, 2.05) is 59.4 Å². The van der Waals surface area contributed by atoms with E-state index in [4.69, 9.17) is 15.5 Å². The molecule has 208 valence electrons. The monoisotopic (exact) mass is 559 g/mol. The maximum Gasteiger partial charge on any atom is 0.162 e. The summed E-state index contributed by atoms with van der Waals surface area (Å²) in [4.78, 5) is 9.41. The normalized spacial score (nSPS) is 11.8. The quantitative estimate of drug-likeness (QED) is 0.195. The van der Waals surface area contributed by atoms with Crippen LogP contribution in [0.2, 0.25) is 0 Å². The van der Waals surface area contributed by atoms with Gasteiger partial charge >= 0.3 is 0 Å². The Balaban J connectivity index is 1.32. The smallest absolute Gasteiger partial charge is 0.162 e. The average Bonchev–Trinajstić information content (AvgIpc) is 3.34. The molecule has 0 bridgehead atoms. The Labute approximate surface area is 233 Å². The van der Waals surface area contributed by atoms with Crippen LogP contribution >= 0.6 is 0 Å². The SMILES string of the molecule is COc1cc2nc(-c3ccc4c(cnn4Cc4ccccc4)c3)nc(N)c2cc1NCCCNCCS(C)(=O)=O. The molecular formula is C29H33N7O3S. The van der Waals surface area contributed by atoms with Gasteiger partial charge in [0.05, 0.1) is 42.3 Å². The summed E-state index contributed by atoms with van der Waals surface area (Å²) in [6.07, 6.45) is 3.90. The highest BCUT2D eigenvalue weighted by atomic mass is 32.2. The first-order valence-electron chi connectivity index (χ1n) is 13.1. The molecule has 0 spiro atoms. The number of hydrogen-bond acceptors (Lipinski definition) is 9. The molecule has 10 nitrogen and oxygen atoms in total. The molecule has 5 aromatic rings. The van der Waals surface area contributed by atoms with Crippen LogP contribution in [0.5, 0.6) is 5.75 Å². The molecule has 0 amide bonds. The maximum absolute atomic E-state index is 11.2. The fraction of sp³-hybridized carbons (Fsp3) is 0.276. The van der Waals surface area contributed by atoms with Gasteiger partial charge in [0.15, 0.2) is 5.82 Å². The molecule has 2 heterocycles. The van der Waals surface area contributed by atoms with E-state index in [0.29, 0.717) is 49.1 Å². The number of methoxy groups -OCH3 is 1. The molecule has 2 aromatic heterocycles. The molecular weight excluding hydrogens is 526 g/mol. The molecule has 0 saturated heterocycles. The lowest BCUT2D eigenvalue weighted by molar-refractivity contribution is 0.417. The second kappa shape index (κ2) is 11.9. The molecule has 5 rings (SSSR count). The first-order valence-corrected chi connectivity index (χ1v) is 15.1. The number of nitrogens with two attached hydrogens (primary N) is 1. The summed E-state index contributed by atoms with van der Waals surface area (Å²) in [5.41, 5.74) is 11.0. The predicted molar refractivity (Wildman–Crippen MR) is 160 cm³/mol. The third-order valence-corrected chi connectivity index (χ3v) is 7.56. The zero-order chi connectivity index (χ0) is 28.1. The highest BCUT2D eigenvalue weighted by Gasteiger charge is 2.14. The lowest BCUT2D eigenvalue weighted by Crippen LogP contribution is -2.24. The van der Waals surface area contributed by atoms with Crippen molar-refractivity contribution in [1.82, 2.24) is 25.1 Å². The average molecular weight is 560 g/mol. The Kier molecular flexibility index (Phi) is 8.13. The van der Waals surface area contributed by atoms with Crippen molar-refractivity contribution >= 4 is 43.1 Å². The van der Waals surface area contributed by atoms with Crippen LogP contribution in [0.3, 0.4) is 0 Å². The molecule has 0 saturated carbocycles. The van der Waals surface area contributed by atoms with Gasteiger partial charge in [-0.25, -0.2) is 18.4 Å². The summed E-state index contributed by atoms with van der Waals surface area (Å²) >= 11 is 0. The van der Waals surface area contributed by atoms with Crippen molar-refractivity contribution in [3.8, 4) is 17.1 Å². The van der Waals surface area contributed by atoms with Gasteiger partial charge in [-0.3, -0.25) is 4.68 Å². The minimum Gasteiger partial charge on any atom is -0.495 e. The second-order valence-corrected chi connectivity index (χ2v) is 12.0. The Morgan fingerprint density at radius 2 is 1.82 bits per heavy atom.